The largest absolute Gasteiger partial charge is 0.493 e. The summed E-state index contributed by atoms with van der Waals surface area (Å²) >= 11 is 0. The first-order valence-corrected chi connectivity index (χ1v) is 8.02. The maximum Gasteiger partial charge on any atom is 0.119 e. The number of hydrogen-bond donors (Lipinski definition) is 2. The molecule has 0 heterocycles. The topological polar surface area (TPSA) is 58.7 Å². The SMILES string of the molecule is CN(CCO)C(CN)c1ccc(OCCc2ccccc2)cc1. The molecule has 124 valence electrons. The second kappa shape index (κ2) is 9.30. The van der Waals surface area contributed by atoms with Gasteiger partial charge in [-0.1, -0.05) is 42.5 Å². The van der Waals surface area contributed by atoms with E-state index in [2.05, 4.69) is 17.0 Å². The molecule has 0 bridgehead atoms. The van der Waals surface area contributed by atoms with Gasteiger partial charge in [0.05, 0.1) is 13.2 Å². The average Bonchev–Trinajstić information content (AvgIpc) is 2.58. The van der Waals surface area contributed by atoms with Gasteiger partial charge in [-0.25, -0.2) is 0 Å². The van der Waals surface area contributed by atoms with Crippen molar-refractivity contribution in [3.8, 4) is 5.75 Å². The van der Waals surface area contributed by atoms with Crippen LogP contribution >= 0.6 is 0 Å². The van der Waals surface area contributed by atoms with Crippen molar-refractivity contribution < 1.29 is 9.84 Å². The zero-order chi connectivity index (χ0) is 16.5. The fourth-order valence-electron chi connectivity index (χ4n) is 2.60. The Bertz CT molecular complexity index is 557. The van der Waals surface area contributed by atoms with Crippen molar-refractivity contribution in [2.75, 3.05) is 33.4 Å². The van der Waals surface area contributed by atoms with E-state index in [0.29, 0.717) is 19.7 Å². The Kier molecular flexibility index (Phi) is 7.07. The third-order valence-corrected chi connectivity index (χ3v) is 3.98. The zero-order valence-corrected chi connectivity index (χ0v) is 13.7. The normalized spacial score (nSPS) is 12.3. The zero-order valence-electron chi connectivity index (χ0n) is 13.7. The van der Waals surface area contributed by atoms with Crippen LogP contribution in [0.5, 0.6) is 5.75 Å². The monoisotopic (exact) mass is 314 g/mol. The third kappa shape index (κ3) is 5.36. The number of nitrogens with two attached hydrogens (primary N) is 1. The number of nitrogens with zero attached hydrogens (tertiary/aromatic N) is 1. The van der Waals surface area contributed by atoms with Gasteiger partial charge in [0.15, 0.2) is 0 Å². The lowest BCUT2D eigenvalue weighted by atomic mass is 10.1. The quantitative estimate of drug-likeness (QED) is 0.745. The highest BCUT2D eigenvalue weighted by atomic mass is 16.5. The first-order valence-electron chi connectivity index (χ1n) is 8.02. The fraction of sp³-hybridized carbons (Fsp3) is 0.368. The molecule has 0 saturated heterocycles. The van der Waals surface area contributed by atoms with Crippen molar-refractivity contribution in [3.05, 3.63) is 65.7 Å². The minimum absolute atomic E-state index is 0.112. The molecule has 0 saturated carbocycles. The molecule has 4 nitrogen and oxygen atoms in total. The number of aliphatic hydroxyl groups excluding tert-OH is 1. The minimum Gasteiger partial charge on any atom is -0.493 e. The van der Waals surface area contributed by atoms with Gasteiger partial charge in [-0.05, 0) is 30.3 Å². The molecule has 2 aromatic carbocycles. The van der Waals surface area contributed by atoms with Crippen LogP contribution in [0.4, 0.5) is 0 Å². The molecule has 3 N–H and O–H groups in total. The molecular weight excluding hydrogens is 288 g/mol. The van der Waals surface area contributed by atoms with Gasteiger partial charge in [-0.2, -0.15) is 0 Å². The smallest absolute Gasteiger partial charge is 0.119 e. The number of likely N-dealkylation sites (N-methyl/N-ethyl adjacent to an activating group) is 1. The van der Waals surface area contributed by atoms with E-state index in [4.69, 9.17) is 15.6 Å². The summed E-state index contributed by atoms with van der Waals surface area (Å²) in [5.74, 6) is 0.866. The van der Waals surface area contributed by atoms with Crippen LogP contribution in [0.1, 0.15) is 17.2 Å². The van der Waals surface area contributed by atoms with Crippen molar-refractivity contribution >= 4 is 0 Å². The van der Waals surface area contributed by atoms with E-state index in [-0.39, 0.29) is 12.6 Å². The van der Waals surface area contributed by atoms with Crippen LogP contribution in [-0.4, -0.2) is 43.4 Å². The van der Waals surface area contributed by atoms with E-state index >= 15 is 0 Å². The van der Waals surface area contributed by atoms with E-state index in [9.17, 15) is 0 Å². The molecule has 23 heavy (non-hydrogen) atoms. The molecular formula is C19H26N2O2. The third-order valence-electron chi connectivity index (χ3n) is 3.98. The molecule has 1 atom stereocenters. The molecule has 2 aromatic rings. The Balaban J connectivity index is 1.88. The van der Waals surface area contributed by atoms with Crippen LogP contribution in [0.25, 0.3) is 0 Å². The van der Waals surface area contributed by atoms with E-state index < -0.39 is 0 Å². The van der Waals surface area contributed by atoms with Gasteiger partial charge >= 0.3 is 0 Å². The first-order chi connectivity index (χ1) is 11.2. The van der Waals surface area contributed by atoms with Gasteiger partial charge in [0.1, 0.15) is 5.75 Å². The standard InChI is InChI=1S/C19H26N2O2/c1-21(12-13-22)19(15-20)17-7-9-18(10-8-17)23-14-11-16-5-3-2-4-6-16/h2-10,19,22H,11-15,20H2,1H3. The fourth-order valence-corrected chi connectivity index (χ4v) is 2.60. The number of rotatable bonds is 9. The maximum atomic E-state index is 9.06. The van der Waals surface area contributed by atoms with Gasteiger partial charge in [-0.3, -0.25) is 4.90 Å². The van der Waals surface area contributed by atoms with Gasteiger partial charge in [0, 0.05) is 25.6 Å². The van der Waals surface area contributed by atoms with Gasteiger partial charge in [-0.15, -0.1) is 0 Å². The number of aliphatic hydroxyl groups is 1. The summed E-state index contributed by atoms with van der Waals surface area (Å²) in [6, 6.07) is 18.5. The summed E-state index contributed by atoms with van der Waals surface area (Å²) in [5.41, 5.74) is 8.28. The van der Waals surface area contributed by atoms with Gasteiger partial charge in [0.25, 0.3) is 0 Å². The minimum atomic E-state index is 0.112. The summed E-state index contributed by atoms with van der Waals surface area (Å²) in [4.78, 5) is 2.06. The molecule has 0 aliphatic carbocycles. The average molecular weight is 314 g/mol. The second-order valence-electron chi connectivity index (χ2n) is 5.61. The van der Waals surface area contributed by atoms with E-state index in [1.165, 1.54) is 5.56 Å². The lowest BCUT2D eigenvalue weighted by Gasteiger charge is -2.26. The molecule has 0 fully saturated rings. The van der Waals surface area contributed by atoms with Crippen molar-refractivity contribution in [3.63, 3.8) is 0 Å². The summed E-state index contributed by atoms with van der Waals surface area (Å²) < 4.78 is 5.80. The lowest BCUT2D eigenvalue weighted by molar-refractivity contribution is 0.183. The van der Waals surface area contributed by atoms with E-state index in [1.807, 2.05) is 49.5 Å². The van der Waals surface area contributed by atoms with Crippen LogP contribution in [-0.2, 0) is 6.42 Å². The summed E-state index contributed by atoms with van der Waals surface area (Å²) in [6.45, 7) is 1.92. The Labute approximate surface area is 138 Å². The highest BCUT2D eigenvalue weighted by Crippen LogP contribution is 2.21. The second-order valence-corrected chi connectivity index (χ2v) is 5.61. The summed E-state index contributed by atoms with van der Waals surface area (Å²) in [7, 11) is 1.97. The predicted octanol–water partition coefficient (Wildman–Crippen LogP) is 2.23. The van der Waals surface area contributed by atoms with Crippen molar-refractivity contribution in [1.82, 2.24) is 4.90 Å². The van der Waals surface area contributed by atoms with Crippen molar-refractivity contribution in [2.45, 2.75) is 12.5 Å². The Hall–Kier alpha value is -1.88. The van der Waals surface area contributed by atoms with Crippen LogP contribution in [0.2, 0.25) is 0 Å². The van der Waals surface area contributed by atoms with Crippen LogP contribution in [0.15, 0.2) is 54.6 Å². The number of ether oxygens (including phenoxy) is 1. The van der Waals surface area contributed by atoms with E-state index in [1.54, 1.807) is 0 Å². The number of benzene rings is 2. The molecule has 0 radical (unpaired) electrons. The van der Waals surface area contributed by atoms with Crippen molar-refractivity contribution in [1.29, 1.82) is 0 Å². The van der Waals surface area contributed by atoms with Crippen LogP contribution < -0.4 is 10.5 Å². The molecule has 0 aromatic heterocycles. The summed E-state index contributed by atoms with van der Waals surface area (Å²) in [5, 5.41) is 9.06. The molecule has 0 aliphatic rings. The lowest BCUT2D eigenvalue weighted by Crippen LogP contribution is -2.32. The van der Waals surface area contributed by atoms with Crippen LogP contribution in [0, 0.1) is 0 Å². The van der Waals surface area contributed by atoms with Gasteiger partial charge in [0.2, 0.25) is 0 Å². The Morgan fingerprint density at radius 1 is 1.09 bits per heavy atom. The summed E-state index contributed by atoms with van der Waals surface area (Å²) in [6.07, 6.45) is 0.896. The van der Waals surface area contributed by atoms with Gasteiger partial charge < -0.3 is 15.6 Å². The van der Waals surface area contributed by atoms with Crippen molar-refractivity contribution in [2.24, 2.45) is 5.73 Å². The predicted molar refractivity (Wildman–Crippen MR) is 93.6 cm³/mol. The molecule has 4 heteroatoms. The molecule has 1 unspecified atom stereocenters. The Morgan fingerprint density at radius 3 is 2.39 bits per heavy atom. The Morgan fingerprint density at radius 2 is 1.78 bits per heavy atom. The highest BCUT2D eigenvalue weighted by molar-refractivity contribution is 5.29. The molecule has 0 amide bonds. The first kappa shape index (κ1) is 17.5. The molecule has 0 spiro atoms. The molecule has 2 rings (SSSR count). The van der Waals surface area contributed by atoms with E-state index in [0.717, 1.165) is 17.7 Å². The molecule has 0 aliphatic heterocycles. The maximum absolute atomic E-state index is 9.06. The highest BCUT2D eigenvalue weighted by Gasteiger charge is 2.14. The number of hydrogen-bond acceptors (Lipinski definition) is 4. The van der Waals surface area contributed by atoms with Crippen LogP contribution in [0.3, 0.4) is 0 Å².